The van der Waals surface area contributed by atoms with Gasteiger partial charge in [0.05, 0.1) is 0 Å². The molecule has 0 radical (unpaired) electrons. The molecule has 0 aromatic heterocycles. The molecule has 3 unspecified atom stereocenters. The lowest BCUT2D eigenvalue weighted by Gasteiger charge is -2.31. The molecule has 16 heavy (non-hydrogen) atoms. The highest BCUT2D eigenvalue weighted by Crippen LogP contribution is 2.23. The van der Waals surface area contributed by atoms with Crippen molar-refractivity contribution in [2.45, 2.75) is 24.9 Å². The third kappa shape index (κ3) is 3.43. The molecule has 1 heterocycles. The van der Waals surface area contributed by atoms with Gasteiger partial charge in [-0.3, -0.25) is 4.79 Å². The highest BCUT2D eigenvalue weighted by atomic mass is 16.4. The molecule has 0 aliphatic carbocycles. The fourth-order valence-electron chi connectivity index (χ4n) is 2.47. The van der Waals surface area contributed by atoms with Crippen molar-refractivity contribution < 1.29 is 9.90 Å². The van der Waals surface area contributed by atoms with E-state index in [1.54, 1.807) is 0 Å². The predicted molar refractivity (Wildman–Crippen MR) is 63.3 cm³/mol. The van der Waals surface area contributed by atoms with Crippen LogP contribution >= 0.6 is 0 Å². The summed E-state index contributed by atoms with van der Waals surface area (Å²) in [5, 5.41) is 8.85. The van der Waals surface area contributed by atoms with Gasteiger partial charge in [0.1, 0.15) is 6.04 Å². The molecule has 1 rings (SSSR count). The van der Waals surface area contributed by atoms with Crippen molar-refractivity contribution in [1.82, 2.24) is 9.80 Å². The van der Waals surface area contributed by atoms with Crippen molar-refractivity contribution in [3.8, 4) is 0 Å². The SMILES string of the molecule is CN1CCC(C(CC(N)C(=O)O)N(C)C)C1. The van der Waals surface area contributed by atoms with Crippen LogP contribution in [-0.4, -0.2) is 67.2 Å². The Morgan fingerprint density at radius 1 is 1.62 bits per heavy atom. The average molecular weight is 229 g/mol. The van der Waals surface area contributed by atoms with Crippen molar-refractivity contribution in [3.05, 3.63) is 0 Å². The molecule has 0 amide bonds. The van der Waals surface area contributed by atoms with E-state index in [0.29, 0.717) is 12.3 Å². The van der Waals surface area contributed by atoms with Crippen LogP contribution in [0, 0.1) is 5.92 Å². The van der Waals surface area contributed by atoms with Crippen molar-refractivity contribution >= 4 is 5.97 Å². The number of nitrogens with zero attached hydrogens (tertiary/aromatic N) is 2. The summed E-state index contributed by atoms with van der Waals surface area (Å²) in [5.41, 5.74) is 5.62. The van der Waals surface area contributed by atoms with Gasteiger partial charge in [-0.25, -0.2) is 0 Å². The second-order valence-electron chi connectivity index (χ2n) is 5.02. The number of carbonyl (C=O) groups is 1. The Morgan fingerprint density at radius 3 is 2.62 bits per heavy atom. The highest BCUT2D eigenvalue weighted by Gasteiger charge is 2.31. The van der Waals surface area contributed by atoms with E-state index in [1.807, 2.05) is 14.1 Å². The Morgan fingerprint density at radius 2 is 2.25 bits per heavy atom. The van der Waals surface area contributed by atoms with Gasteiger partial charge in [0.25, 0.3) is 0 Å². The zero-order valence-electron chi connectivity index (χ0n) is 10.4. The van der Waals surface area contributed by atoms with Gasteiger partial charge >= 0.3 is 5.97 Å². The molecule has 0 aromatic rings. The fraction of sp³-hybridized carbons (Fsp3) is 0.909. The minimum absolute atomic E-state index is 0.260. The number of aliphatic carboxylic acids is 1. The highest BCUT2D eigenvalue weighted by molar-refractivity contribution is 5.73. The zero-order valence-corrected chi connectivity index (χ0v) is 10.4. The quantitative estimate of drug-likeness (QED) is 0.675. The lowest BCUT2D eigenvalue weighted by molar-refractivity contribution is -0.139. The number of rotatable bonds is 5. The van der Waals surface area contributed by atoms with Crippen LogP contribution in [0.5, 0.6) is 0 Å². The molecule has 0 bridgehead atoms. The maximum Gasteiger partial charge on any atom is 0.320 e. The van der Waals surface area contributed by atoms with Crippen LogP contribution in [-0.2, 0) is 4.79 Å². The fourth-order valence-corrected chi connectivity index (χ4v) is 2.47. The van der Waals surface area contributed by atoms with E-state index in [4.69, 9.17) is 10.8 Å². The Balaban J connectivity index is 2.57. The van der Waals surface area contributed by atoms with Crippen molar-refractivity contribution in [2.75, 3.05) is 34.2 Å². The first kappa shape index (κ1) is 13.4. The molecule has 1 aliphatic heterocycles. The van der Waals surface area contributed by atoms with E-state index in [1.165, 1.54) is 0 Å². The Labute approximate surface area is 97.2 Å². The summed E-state index contributed by atoms with van der Waals surface area (Å²) in [6, 6.07) is -0.491. The molecule has 3 N–H and O–H groups in total. The van der Waals surface area contributed by atoms with Crippen molar-refractivity contribution in [3.63, 3.8) is 0 Å². The topological polar surface area (TPSA) is 69.8 Å². The number of hydrogen-bond donors (Lipinski definition) is 2. The number of carboxylic acids is 1. The van der Waals surface area contributed by atoms with Gasteiger partial charge in [0.2, 0.25) is 0 Å². The van der Waals surface area contributed by atoms with E-state index >= 15 is 0 Å². The molecule has 0 spiro atoms. The number of carboxylic acid groups (broad SMARTS) is 1. The minimum Gasteiger partial charge on any atom is -0.480 e. The summed E-state index contributed by atoms with van der Waals surface area (Å²) in [5.74, 6) is -0.372. The summed E-state index contributed by atoms with van der Waals surface area (Å²) >= 11 is 0. The van der Waals surface area contributed by atoms with Gasteiger partial charge in [-0.15, -0.1) is 0 Å². The van der Waals surface area contributed by atoms with E-state index in [2.05, 4.69) is 16.8 Å². The third-order valence-corrected chi connectivity index (χ3v) is 3.45. The van der Waals surface area contributed by atoms with Crippen LogP contribution in [0.1, 0.15) is 12.8 Å². The second kappa shape index (κ2) is 5.61. The summed E-state index contributed by atoms with van der Waals surface area (Å²) < 4.78 is 0. The van der Waals surface area contributed by atoms with Crippen LogP contribution in [0.15, 0.2) is 0 Å². The Hall–Kier alpha value is -0.650. The van der Waals surface area contributed by atoms with Crippen molar-refractivity contribution in [1.29, 1.82) is 0 Å². The van der Waals surface area contributed by atoms with Gasteiger partial charge in [0.15, 0.2) is 0 Å². The van der Waals surface area contributed by atoms with E-state index in [0.717, 1.165) is 19.5 Å². The lowest BCUT2D eigenvalue weighted by Crippen LogP contribution is -2.43. The predicted octanol–water partition coefficient (Wildman–Crippen LogP) is -0.330. The Kier molecular flexibility index (Phi) is 4.70. The first-order chi connectivity index (χ1) is 7.41. The standard InChI is InChI=1S/C11H23N3O2/c1-13(2)10(6-9(12)11(15)16)8-4-5-14(3)7-8/h8-10H,4-7,12H2,1-3H3,(H,15,16). The summed E-state index contributed by atoms with van der Waals surface area (Å²) in [7, 11) is 6.10. The van der Waals surface area contributed by atoms with Gasteiger partial charge in [-0.1, -0.05) is 0 Å². The monoisotopic (exact) mass is 229 g/mol. The molecular formula is C11H23N3O2. The zero-order chi connectivity index (χ0) is 12.3. The van der Waals surface area contributed by atoms with Crippen LogP contribution in [0.4, 0.5) is 0 Å². The average Bonchev–Trinajstić information content (AvgIpc) is 2.59. The molecule has 1 saturated heterocycles. The first-order valence-corrected chi connectivity index (χ1v) is 5.75. The van der Waals surface area contributed by atoms with Crippen LogP contribution < -0.4 is 5.73 Å². The second-order valence-corrected chi connectivity index (χ2v) is 5.02. The van der Waals surface area contributed by atoms with Gasteiger partial charge in [0, 0.05) is 12.6 Å². The lowest BCUT2D eigenvalue weighted by atomic mass is 9.92. The molecular weight excluding hydrogens is 206 g/mol. The maximum atomic E-state index is 10.8. The molecule has 5 nitrogen and oxygen atoms in total. The smallest absolute Gasteiger partial charge is 0.320 e. The molecule has 3 atom stereocenters. The van der Waals surface area contributed by atoms with Gasteiger partial charge in [-0.2, -0.15) is 0 Å². The third-order valence-electron chi connectivity index (χ3n) is 3.45. The summed E-state index contributed by atoms with van der Waals surface area (Å²) in [6.07, 6.45) is 1.66. The van der Waals surface area contributed by atoms with E-state index in [9.17, 15) is 4.79 Å². The van der Waals surface area contributed by atoms with Gasteiger partial charge < -0.3 is 20.6 Å². The molecule has 1 aliphatic rings. The van der Waals surface area contributed by atoms with Crippen molar-refractivity contribution in [2.24, 2.45) is 11.7 Å². The number of hydrogen-bond acceptors (Lipinski definition) is 4. The van der Waals surface area contributed by atoms with E-state index in [-0.39, 0.29) is 6.04 Å². The molecule has 5 heteroatoms. The number of nitrogens with two attached hydrogens (primary N) is 1. The minimum atomic E-state index is -0.904. The van der Waals surface area contributed by atoms with Crippen LogP contribution in [0.2, 0.25) is 0 Å². The van der Waals surface area contributed by atoms with Crippen LogP contribution in [0.3, 0.4) is 0 Å². The Bertz CT molecular complexity index is 245. The maximum absolute atomic E-state index is 10.8. The normalized spacial score (nSPS) is 25.9. The summed E-state index contributed by atoms with van der Waals surface area (Å²) in [4.78, 5) is 15.2. The largest absolute Gasteiger partial charge is 0.480 e. The molecule has 0 aromatic carbocycles. The van der Waals surface area contributed by atoms with E-state index < -0.39 is 12.0 Å². The summed E-state index contributed by atoms with van der Waals surface area (Å²) in [6.45, 7) is 2.13. The molecule has 1 fully saturated rings. The molecule has 0 saturated carbocycles. The number of likely N-dealkylation sites (tertiary alicyclic amines) is 1. The van der Waals surface area contributed by atoms with Crippen LogP contribution in [0.25, 0.3) is 0 Å². The molecule has 94 valence electrons. The van der Waals surface area contributed by atoms with Gasteiger partial charge in [-0.05, 0) is 46.4 Å². The first-order valence-electron chi connectivity index (χ1n) is 5.75.